The summed E-state index contributed by atoms with van der Waals surface area (Å²) in [6.45, 7) is 7.01. The number of carbonyl (C=O) groups is 2. The van der Waals surface area contributed by atoms with Crippen molar-refractivity contribution in [1.29, 1.82) is 0 Å². The van der Waals surface area contributed by atoms with Gasteiger partial charge in [-0.05, 0) is 11.5 Å². The zero-order valence-corrected chi connectivity index (χ0v) is 14.8. The van der Waals surface area contributed by atoms with Crippen molar-refractivity contribution in [3.63, 3.8) is 0 Å². The number of rotatable bonds is 3. The second-order valence-electron chi connectivity index (χ2n) is 6.66. The van der Waals surface area contributed by atoms with Crippen LogP contribution in [0.4, 0.5) is 0 Å². The lowest BCUT2D eigenvalue weighted by Gasteiger charge is -2.41. The molecule has 6 heteroatoms. The van der Waals surface area contributed by atoms with Gasteiger partial charge in [0, 0.05) is 32.6 Å². The van der Waals surface area contributed by atoms with Crippen LogP contribution in [0.2, 0.25) is 0 Å². The summed E-state index contributed by atoms with van der Waals surface area (Å²) in [4.78, 5) is 28.3. The SMILES string of the molecule is CC(=O)N1CCN(C(=O)c2cc(C(C)C)no2)C[C@H]1c1ccccc1. The molecule has 6 nitrogen and oxygen atoms in total. The second-order valence-corrected chi connectivity index (χ2v) is 6.66. The number of nitrogens with zero attached hydrogens (tertiary/aromatic N) is 3. The number of carbonyl (C=O) groups excluding carboxylic acids is 2. The van der Waals surface area contributed by atoms with Crippen LogP contribution in [0.5, 0.6) is 0 Å². The summed E-state index contributed by atoms with van der Waals surface area (Å²) < 4.78 is 5.23. The topological polar surface area (TPSA) is 66.7 Å². The predicted octanol–water partition coefficient (Wildman–Crippen LogP) is 2.84. The second kappa shape index (κ2) is 7.09. The molecule has 3 rings (SSSR count). The van der Waals surface area contributed by atoms with E-state index in [1.54, 1.807) is 17.9 Å². The highest BCUT2D eigenvalue weighted by molar-refractivity contribution is 5.91. The summed E-state index contributed by atoms with van der Waals surface area (Å²) in [5, 5.41) is 3.96. The van der Waals surface area contributed by atoms with Crippen LogP contribution in [-0.4, -0.2) is 46.4 Å². The molecule has 0 bridgehead atoms. The van der Waals surface area contributed by atoms with Gasteiger partial charge in [-0.2, -0.15) is 0 Å². The number of benzene rings is 1. The lowest BCUT2D eigenvalue weighted by atomic mass is 10.0. The maximum Gasteiger partial charge on any atom is 0.292 e. The van der Waals surface area contributed by atoms with Crippen molar-refractivity contribution in [2.45, 2.75) is 32.7 Å². The summed E-state index contributed by atoms with van der Waals surface area (Å²) in [6, 6.07) is 11.4. The van der Waals surface area contributed by atoms with Crippen molar-refractivity contribution >= 4 is 11.8 Å². The van der Waals surface area contributed by atoms with Crippen LogP contribution < -0.4 is 0 Å². The molecule has 0 radical (unpaired) electrons. The molecule has 25 heavy (non-hydrogen) atoms. The van der Waals surface area contributed by atoms with E-state index in [0.717, 1.165) is 11.3 Å². The van der Waals surface area contributed by atoms with E-state index in [9.17, 15) is 9.59 Å². The smallest absolute Gasteiger partial charge is 0.292 e. The fraction of sp³-hybridized carbons (Fsp3) is 0.421. The van der Waals surface area contributed by atoms with Gasteiger partial charge in [-0.1, -0.05) is 49.3 Å². The van der Waals surface area contributed by atoms with Gasteiger partial charge in [-0.25, -0.2) is 0 Å². The van der Waals surface area contributed by atoms with E-state index in [1.807, 2.05) is 49.1 Å². The van der Waals surface area contributed by atoms with Crippen LogP contribution in [0.25, 0.3) is 0 Å². The normalized spacial score (nSPS) is 17.8. The van der Waals surface area contributed by atoms with Crippen LogP contribution in [0.15, 0.2) is 40.9 Å². The Morgan fingerprint density at radius 1 is 1.20 bits per heavy atom. The Morgan fingerprint density at radius 3 is 2.52 bits per heavy atom. The third-order valence-electron chi connectivity index (χ3n) is 4.59. The molecule has 0 unspecified atom stereocenters. The van der Waals surface area contributed by atoms with Gasteiger partial charge in [0.1, 0.15) is 0 Å². The van der Waals surface area contributed by atoms with Gasteiger partial charge in [0.15, 0.2) is 0 Å². The highest BCUT2D eigenvalue weighted by Gasteiger charge is 2.33. The molecular weight excluding hydrogens is 318 g/mol. The number of aromatic nitrogens is 1. The number of piperazine rings is 1. The van der Waals surface area contributed by atoms with Gasteiger partial charge in [0.05, 0.1) is 11.7 Å². The van der Waals surface area contributed by atoms with Crippen molar-refractivity contribution in [1.82, 2.24) is 15.0 Å². The summed E-state index contributed by atoms with van der Waals surface area (Å²) >= 11 is 0. The van der Waals surface area contributed by atoms with E-state index < -0.39 is 0 Å². The molecular formula is C19H23N3O3. The fourth-order valence-electron chi connectivity index (χ4n) is 3.12. The molecule has 0 aliphatic carbocycles. The third kappa shape index (κ3) is 3.57. The average Bonchev–Trinajstić information content (AvgIpc) is 3.11. The molecule has 1 aromatic heterocycles. The largest absolute Gasteiger partial charge is 0.351 e. The first-order valence-electron chi connectivity index (χ1n) is 8.55. The van der Waals surface area contributed by atoms with Crippen LogP contribution >= 0.6 is 0 Å². The zero-order valence-electron chi connectivity index (χ0n) is 14.8. The van der Waals surface area contributed by atoms with Crippen molar-refractivity contribution in [3.8, 4) is 0 Å². The molecule has 0 N–H and O–H groups in total. The highest BCUT2D eigenvalue weighted by atomic mass is 16.5. The Balaban J connectivity index is 1.81. The molecule has 1 fully saturated rings. The molecule has 1 aromatic carbocycles. The Hall–Kier alpha value is -2.63. The Morgan fingerprint density at radius 2 is 1.92 bits per heavy atom. The minimum atomic E-state index is -0.177. The monoisotopic (exact) mass is 341 g/mol. The number of hydrogen-bond acceptors (Lipinski definition) is 4. The third-order valence-corrected chi connectivity index (χ3v) is 4.59. The van der Waals surface area contributed by atoms with Gasteiger partial charge in [-0.15, -0.1) is 0 Å². The van der Waals surface area contributed by atoms with E-state index in [0.29, 0.717) is 19.6 Å². The van der Waals surface area contributed by atoms with Gasteiger partial charge in [-0.3, -0.25) is 9.59 Å². The number of amides is 2. The molecule has 0 saturated carbocycles. The minimum Gasteiger partial charge on any atom is -0.351 e. The molecule has 2 heterocycles. The zero-order chi connectivity index (χ0) is 18.0. The molecule has 1 aliphatic heterocycles. The van der Waals surface area contributed by atoms with Crippen molar-refractivity contribution in [2.24, 2.45) is 0 Å². The molecule has 0 spiro atoms. The molecule has 1 aliphatic rings. The summed E-state index contributed by atoms with van der Waals surface area (Å²) in [6.07, 6.45) is 0. The number of hydrogen-bond donors (Lipinski definition) is 0. The lowest BCUT2D eigenvalue weighted by molar-refractivity contribution is -0.133. The van der Waals surface area contributed by atoms with Gasteiger partial charge in [0.2, 0.25) is 11.7 Å². The molecule has 1 atom stereocenters. The quantitative estimate of drug-likeness (QED) is 0.861. The van der Waals surface area contributed by atoms with Crippen molar-refractivity contribution in [2.75, 3.05) is 19.6 Å². The molecule has 2 aromatic rings. The molecule has 1 saturated heterocycles. The van der Waals surface area contributed by atoms with E-state index in [-0.39, 0.29) is 29.5 Å². The van der Waals surface area contributed by atoms with E-state index in [2.05, 4.69) is 5.16 Å². The van der Waals surface area contributed by atoms with Gasteiger partial charge in [0.25, 0.3) is 5.91 Å². The van der Waals surface area contributed by atoms with Crippen LogP contribution in [-0.2, 0) is 4.79 Å². The first-order chi connectivity index (χ1) is 12.0. The summed E-state index contributed by atoms with van der Waals surface area (Å²) in [5.74, 6) is 0.301. The average molecular weight is 341 g/mol. The maximum absolute atomic E-state index is 12.8. The Labute approximate surface area is 147 Å². The fourth-order valence-corrected chi connectivity index (χ4v) is 3.12. The first kappa shape index (κ1) is 17.2. The van der Waals surface area contributed by atoms with Crippen LogP contribution in [0, 0.1) is 0 Å². The van der Waals surface area contributed by atoms with Crippen molar-refractivity contribution < 1.29 is 14.1 Å². The Kier molecular flexibility index (Phi) is 4.88. The standard InChI is InChI=1S/C19H23N3O3/c1-13(2)16-11-18(25-20-16)19(24)21-9-10-22(14(3)23)17(12-21)15-7-5-4-6-8-15/h4-8,11,13,17H,9-10,12H2,1-3H3/t17-/m0/s1. The Bertz CT molecular complexity index is 754. The van der Waals surface area contributed by atoms with E-state index in [1.165, 1.54) is 0 Å². The van der Waals surface area contributed by atoms with E-state index >= 15 is 0 Å². The molecule has 2 amide bonds. The molecule has 132 valence electrons. The van der Waals surface area contributed by atoms with Gasteiger partial charge < -0.3 is 14.3 Å². The highest BCUT2D eigenvalue weighted by Crippen LogP contribution is 2.27. The summed E-state index contributed by atoms with van der Waals surface area (Å²) in [7, 11) is 0. The predicted molar refractivity (Wildman–Crippen MR) is 93.1 cm³/mol. The van der Waals surface area contributed by atoms with Crippen molar-refractivity contribution in [3.05, 3.63) is 53.4 Å². The minimum absolute atomic E-state index is 0.0164. The van der Waals surface area contributed by atoms with E-state index in [4.69, 9.17) is 4.52 Å². The lowest BCUT2D eigenvalue weighted by Crippen LogP contribution is -2.51. The summed E-state index contributed by atoms with van der Waals surface area (Å²) in [5.41, 5.74) is 1.79. The maximum atomic E-state index is 12.8. The van der Waals surface area contributed by atoms with Crippen LogP contribution in [0.3, 0.4) is 0 Å². The first-order valence-corrected chi connectivity index (χ1v) is 8.55. The van der Waals surface area contributed by atoms with Gasteiger partial charge >= 0.3 is 0 Å². The van der Waals surface area contributed by atoms with Crippen LogP contribution in [0.1, 0.15) is 54.5 Å².